The molecule has 0 spiro atoms. The highest BCUT2D eigenvalue weighted by Crippen LogP contribution is 2.38. The molecule has 9 nitrogen and oxygen atoms in total. The Bertz CT molecular complexity index is 914. The number of pyridine rings is 1. The molecule has 2 aromatic heterocycles. The van der Waals surface area contributed by atoms with E-state index in [0.29, 0.717) is 31.3 Å². The molecule has 1 N–H and O–H groups in total. The molecule has 1 fully saturated rings. The average molecular weight is 427 g/mol. The number of nitrogens with one attached hydrogen (secondary N) is 1. The fourth-order valence-electron chi connectivity index (χ4n) is 4.04. The largest absolute Gasteiger partial charge is 0.486 e. The molecule has 1 saturated heterocycles. The van der Waals surface area contributed by atoms with Crippen molar-refractivity contribution in [2.75, 3.05) is 36.5 Å². The topological polar surface area (TPSA) is 92.7 Å². The van der Waals surface area contributed by atoms with E-state index >= 15 is 0 Å². The highest BCUT2D eigenvalue weighted by Gasteiger charge is 2.32. The third-order valence-corrected chi connectivity index (χ3v) is 5.61. The summed E-state index contributed by atoms with van der Waals surface area (Å²) < 4.78 is 11.4. The minimum atomic E-state index is -0.228. The molecule has 0 saturated carbocycles. The van der Waals surface area contributed by atoms with Crippen LogP contribution in [0.4, 0.5) is 22.1 Å². The normalized spacial score (nSPS) is 17.0. The van der Waals surface area contributed by atoms with Crippen LogP contribution in [0.15, 0.2) is 24.7 Å². The first kappa shape index (κ1) is 21.1. The molecule has 31 heavy (non-hydrogen) atoms. The number of rotatable bonds is 4. The minimum Gasteiger partial charge on any atom is -0.486 e. The summed E-state index contributed by atoms with van der Waals surface area (Å²) in [4.78, 5) is 29.7. The summed E-state index contributed by atoms with van der Waals surface area (Å²) in [7, 11) is 0. The van der Waals surface area contributed by atoms with Gasteiger partial charge in [0, 0.05) is 31.9 Å². The van der Waals surface area contributed by atoms with Crippen molar-refractivity contribution in [1.29, 1.82) is 0 Å². The molecule has 2 aliphatic rings. The van der Waals surface area contributed by atoms with Gasteiger partial charge in [-0.1, -0.05) is 0 Å². The molecular formula is C22H30N6O3. The van der Waals surface area contributed by atoms with Gasteiger partial charge in [-0.05, 0) is 52.2 Å². The van der Waals surface area contributed by atoms with Gasteiger partial charge in [-0.3, -0.25) is 4.98 Å². The number of hydrogen-bond donors (Lipinski definition) is 1. The van der Waals surface area contributed by atoms with E-state index in [1.165, 1.54) is 0 Å². The Balaban J connectivity index is 1.52. The van der Waals surface area contributed by atoms with E-state index in [2.05, 4.69) is 25.2 Å². The van der Waals surface area contributed by atoms with Crippen molar-refractivity contribution in [2.24, 2.45) is 0 Å². The first-order chi connectivity index (χ1) is 15.0. The molecule has 2 aliphatic heterocycles. The molecule has 9 heteroatoms. The predicted molar refractivity (Wildman–Crippen MR) is 118 cm³/mol. The summed E-state index contributed by atoms with van der Waals surface area (Å²) in [5.41, 5.74) is 1.78. The first-order valence-corrected chi connectivity index (χ1v) is 10.9. The summed E-state index contributed by atoms with van der Waals surface area (Å²) in [6, 6.07) is 4.14. The quantitative estimate of drug-likeness (QED) is 0.794. The predicted octanol–water partition coefficient (Wildman–Crippen LogP) is 3.52. The Hall–Kier alpha value is -3.10. The fourth-order valence-corrected chi connectivity index (χ4v) is 4.04. The van der Waals surface area contributed by atoms with Crippen molar-refractivity contribution >= 4 is 23.4 Å². The summed E-state index contributed by atoms with van der Waals surface area (Å²) in [6.45, 7) is 8.51. The number of likely N-dealkylation sites (tertiary alicyclic amines) is 1. The molecular weight excluding hydrogens is 396 g/mol. The number of anilines is 3. The van der Waals surface area contributed by atoms with Gasteiger partial charge < -0.3 is 24.6 Å². The molecule has 0 aromatic carbocycles. The molecule has 166 valence electrons. The fraction of sp³-hybridized carbons (Fsp3) is 0.545. The Labute approximate surface area is 182 Å². The van der Waals surface area contributed by atoms with Crippen molar-refractivity contribution in [3.05, 3.63) is 30.4 Å². The van der Waals surface area contributed by atoms with Crippen LogP contribution in [0.3, 0.4) is 0 Å². The number of aromatic nitrogens is 3. The van der Waals surface area contributed by atoms with Gasteiger partial charge in [0.2, 0.25) is 5.75 Å². The second kappa shape index (κ2) is 9.36. The summed E-state index contributed by atoms with van der Waals surface area (Å²) in [6.07, 6.45) is 5.63. The Morgan fingerprint density at radius 3 is 2.77 bits per heavy atom. The van der Waals surface area contributed by atoms with Gasteiger partial charge in [0.25, 0.3) is 0 Å². The summed E-state index contributed by atoms with van der Waals surface area (Å²) in [5.74, 6) is 2.12. The minimum absolute atomic E-state index is 0.106. The van der Waals surface area contributed by atoms with Crippen LogP contribution < -0.4 is 15.0 Å². The maximum absolute atomic E-state index is 12.2. The van der Waals surface area contributed by atoms with E-state index in [9.17, 15) is 4.79 Å². The third kappa shape index (κ3) is 4.81. The third-order valence-electron chi connectivity index (χ3n) is 5.61. The van der Waals surface area contributed by atoms with Crippen molar-refractivity contribution in [3.63, 3.8) is 0 Å². The molecule has 4 heterocycles. The van der Waals surface area contributed by atoms with Crippen LogP contribution in [0.5, 0.6) is 5.75 Å². The number of carbonyl (C=O) groups is 1. The van der Waals surface area contributed by atoms with E-state index in [1.807, 2.05) is 32.9 Å². The number of fused-ring (bicyclic) bond motifs is 1. The SMILES string of the molecule is Cc1ncccc1Nc1ncnc2c1OCCCN2C1CCN(C(=O)OC(C)C)CC1. The summed E-state index contributed by atoms with van der Waals surface area (Å²) in [5, 5.41) is 3.36. The average Bonchev–Trinajstić information content (AvgIpc) is 2.98. The van der Waals surface area contributed by atoms with Crippen LogP contribution >= 0.6 is 0 Å². The van der Waals surface area contributed by atoms with Crippen molar-refractivity contribution in [3.8, 4) is 5.75 Å². The Morgan fingerprint density at radius 2 is 2.03 bits per heavy atom. The van der Waals surface area contributed by atoms with Crippen molar-refractivity contribution in [1.82, 2.24) is 19.9 Å². The summed E-state index contributed by atoms with van der Waals surface area (Å²) >= 11 is 0. The number of ether oxygens (including phenoxy) is 2. The van der Waals surface area contributed by atoms with Gasteiger partial charge in [-0.25, -0.2) is 14.8 Å². The molecule has 0 radical (unpaired) electrons. The lowest BCUT2D eigenvalue weighted by atomic mass is 10.0. The maximum Gasteiger partial charge on any atom is 0.410 e. The van der Waals surface area contributed by atoms with Crippen LogP contribution in [0.1, 0.15) is 38.8 Å². The Kier molecular flexibility index (Phi) is 6.39. The van der Waals surface area contributed by atoms with E-state index in [4.69, 9.17) is 9.47 Å². The Morgan fingerprint density at radius 1 is 1.23 bits per heavy atom. The standard InChI is InChI=1S/C22H30N6O3/c1-15(2)31-22(29)27-11-7-17(8-12-27)28-10-5-13-30-19-20(24-14-25-21(19)28)26-18-6-4-9-23-16(18)3/h4,6,9,14-15,17H,5,7-8,10-13H2,1-3H3,(H,24,25,26). The van der Waals surface area contributed by atoms with Gasteiger partial charge in [0.15, 0.2) is 11.6 Å². The molecule has 1 amide bonds. The van der Waals surface area contributed by atoms with Gasteiger partial charge in [-0.15, -0.1) is 0 Å². The zero-order chi connectivity index (χ0) is 21.8. The van der Waals surface area contributed by atoms with Crippen LogP contribution in [0.25, 0.3) is 0 Å². The monoisotopic (exact) mass is 426 g/mol. The van der Waals surface area contributed by atoms with Crippen LogP contribution in [-0.4, -0.2) is 64.3 Å². The van der Waals surface area contributed by atoms with E-state index in [1.54, 1.807) is 17.4 Å². The van der Waals surface area contributed by atoms with Gasteiger partial charge in [0.05, 0.1) is 24.1 Å². The smallest absolute Gasteiger partial charge is 0.410 e. The second-order valence-corrected chi connectivity index (χ2v) is 8.18. The van der Waals surface area contributed by atoms with Crippen molar-refractivity contribution in [2.45, 2.75) is 52.2 Å². The molecule has 0 unspecified atom stereocenters. The molecule has 0 atom stereocenters. The lowest BCUT2D eigenvalue weighted by Crippen LogP contribution is -2.47. The molecule has 2 aromatic rings. The van der Waals surface area contributed by atoms with Gasteiger partial charge in [-0.2, -0.15) is 0 Å². The molecule has 4 rings (SSSR count). The number of hydrogen-bond acceptors (Lipinski definition) is 8. The van der Waals surface area contributed by atoms with Crippen molar-refractivity contribution < 1.29 is 14.3 Å². The number of aryl methyl sites for hydroxylation is 1. The van der Waals surface area contributed by atoms with Crippen LogP contribution in [0.2, 0.25) is 0 Å². The van der Waals surface area contributed by atoms with E-state index in [0.717, 1.165) is 43.0 Å². The van der Waals surface area contributed by atoms with Gasteiger partial charge in [0.1, 0.15) is 6.33 Å². The van der Waals surface area contributed by atoms with E-state index in [-0.39, 0.29) is 18.2 Å². The highest BCUT2D eigenvalue weighted by atomic mass is 16.6. The zero-order valence-corrected chi connectivity index (χ0v) is 18.4. The lowest BCUT2D eigenvalue weighted by Gasteiger charge is -2.38. The van der Waals surface area contributed by atoms with Crippen LogP contribution in [0, 0.1) is 6.92 Å². The van der Waals surface area contributed by atoms with Crippen LogP contribution in [-0.2, 0) is 4.74 Å². The number of piperidine rings is 1. The zero-order valence-electron chi connectivity index (χ0n) is 18.4. The second-order valence-electron chi connectivity index (χ2n) is 8.18. The first-order valence-electron chi connectivity index (χ1n) is 10.9. The molecule has 0 bridgehead atoms. The molecule has 0 aliphatic carbocycles. The number of nitrogens with zero attached hydrogens (tertiary/aromatic N) is 5. The lowest BCUT2D eigenvalue weighted by molar-refractivity contribution is 0.0690. The number of amides is 1. The van der Waals surface area contributed by atoms with E-state index < -0.39 is 0 Å². The number of carbonyl (C=O) groups excluding carboxylic acids is 1. The van der Waals surface area contributed by atoms with Gasteiger partial charge >= 0.3 is 6.09 Å². The maximum atomic E-state index is 12.2. The highest BCUT2D eigenvalue weighted by molar-refractivity contribution is 5.71.